The number of amides is 1. The molecule has 1 saturated heterocycles. The highest BCUT2D eigenvalue weighted by Crippen LogP contribution is 2.42. The number of carbonyl (C=O) groups is 2. The van der Waals surface area contributed by atoms with Gasteiger partial charge in [-0.25, -0.2) is 0 Å². The highest BCUT2D eigenvalue weighted by molar-refractivity contribution is 6.46. The van der Waals surface area contributed by atoms with Gasteiger partial charge < -0.3 is 19.7 Å². The number of nitrogens with zero attached hydrogens (tertiary/aromatic N) is 1. The molecule has 6 nitrogen and oxygen atoms in total. The number of methoxy groups -OCH3 is 1. The average Bonchev–Trinajstić information content (AvgIpc) is 3.38. The summed E-state index contributed by atoms with van der Waals surface area (Å²) in [5.41, 5.74) is 2.84. The molecule has 0 aliphatic carbocycles. The Morgan fingerprint density at radius 3 is 2.56 bits per heavy atom. The summed E-state index contributed by atoms with van der Waals surface area (Å²) in [6.07, 6.45) is 1.79. The molecular weight excluding hydrogens is 452 g/mol. The number of para-hydroxylation sites is 1. The summed E-state index contributed by atoms with van der Waals surface area (Å²) in [6, 6.07) is 20.8. The SMILES string of the molecule is COc1ccc(CN2C(=O)C(=O)/C(=C(/O)c3cccc(Cl)c3)C2c2c[nH]c3ccccc23)cc1. The Bertz CT molecular complexity index is 1440. The third-order valence-electron chi connectivity index (χ3n) is 6.07. The van der Waals surface area contributed by atoms with Crippen LogP contribution in [0.3, 0.4) is 0 Å². The van der Waals surface area contributed by atoms with Gasteiger partial charge in [0, 0.05) is 39.8 Å². The van der Waals surface area contributed by atoms with E-state index in [0.717, 1.165) is 22.0 Å². The van der Waals surface area contributed by atoms with Gasteiger partial charge in [-0.1, -0.05) is 54.1 Å². The fourth-order valence-electron chi connectivity index (χ4n) is 4.41. The summed E-state index contributed by atoms with van der Waals surface area (Å²) >= 11 is 6.12. The number of aliphatic hydroxyl groups is 1. The fourth-order valence-corrected chi connectivity index (χ4v) is 4.60. The van der Waals surface area contributed by atoms with E-state index in [1.54, 1.807) is 49.7 Å². The van der Waals surface area contributed by atoms with E-state index in [-0.39, 0.29) is 17.9 Å². The number of aliphatic hydroxyl groups excluding tert-OH is 1. The van der Waals surface area contributed by atoms with Crippen molar-refractivity contribution >= 4 is 40.0 Å². The lowest BCUT2D eigenvalue weighted by molar-refractivity contribution is -0.140. The molecule has 1 aromatic heterocycles. The number of Topliss-reactive ketones (excluding diaryl/α,β-unsaturated/α-hetero) is 1. The van der Waals surface area contributed by atoms with Crippen LogP contribution in [-0.2, 0) is 16.1 Å². The first-order valence-electron chi connectivity index (χ1n) is 10.7. The lowest BCUT2D eigenvalue weighted by atomic mass is 9.95. The van der Waals surface area contributed by atoms with Crippen molar-refractivity contribution in [3.8, 4) is 5.75 Å². The van der Waals surface area contributed by atoms with E-state index >= 15 is 0 Å². The van der Waals surface area contributed by atoms with Crippen molar-refractivity contribution in [2.45, 2.75) is 12.6 Å². The number of rotatable bonds is 5. The van der Waals surface area contributed by atoms with E-state index in [9.17, 15) is 14.7 Å². The molecule has 4 aromatic rings. The largest absolute Gasteiger partial charge is 0.507 e. The van der Waals surface area contributed by atoms with Crippen LogP contribution in [0.1, 0.15) is 22.7 Å². The Balaban J connectivity index is 1.68. The second-order valence-electron chi connectivity index (χ2n) is 8.08. The molecule has 1 unspecified atom stereocenters. The fraction of sp³-hybridized carbons (Fsp3) is 0.111. The Labute approximate surface area is 201 Å². The van der Waals surface area contributed by atoms with Crippen LogP contribution < -0.4 is 4.74 Å². The maximum absolute atomic E-state index is 13.3. The maximum atomic E-state index is 13.3. The number of aromatic nitrogens is 1. The zero-order chi connectivity index (χ0) is 23.8. The Morgan fingerprint density at radius 1 is 1.06 bits per heavy atom. The van der Waals surface area contributed by atoms with Crippen LogP contribution >= 0.6 is 11.6 Å². The van der Waals surface area contributed by atoms with Crippen molar-refractivity contribution in [2.24, 2.45) is 0 Å². The molecule has 0 bridgehead atoms. The minimum Gasteiger partial charge on any atom is -0.507 e. The van der Waals surface area contributed by atoms with Crippen molar-refractivity contribution in [2.75, 3.05) is 7.11 Å². The lowest BCUT2D eigenvalue weighted by Crippen LogP contribution is -2.29. The van der Waals surface area contributed by atoms with Crippen molar-refractivity contribution in [1.29, 1.82) is 0 Å². The number of carbonyl (C=O) groups excluding carboxylic acids is 2. The molecule has 0 saturated carbocycles. The number of likely N-dealkylation sites (tertiary alicyclic amines) is 1. The summed E-state index contributed by atoms with van der Waals surface area (Å²) in [7, 11) is 1.58. The van der Waals surface area contributed by atoms with Crippen LogP contribution in [0.5, 0.6) is 5.75 Å². The van der Waals surface area contributed by atoms with Gasteiger partial charge in [-0.3, -0.25) is 9.59 Å². The first kappa shape index (κ1) is 21.8. The zero-order valence-electron chi connectivity index (χ0n) is 18.3. The van der Waals surface area contributed by atoms with Gasteiger partial charge in [-0.2, -0.15) is 0 Å². The van der Waals surface area contributed by atoms with Gasteiger partial charge in [0.1, 0.15) is 11.5 Å². The van der Waals surface area contributed by atoms with Crippen molar-refractivity contribution in [3.05, 3.63) is 106 Å². The standard InChI is InChI=1S/C27H21ClN2O4/c1-34-19-11-9-16(10-12-19)15-30-24(21-14-29-22-8-3-2-7-20(21)22)23(26(32)27(30)33)25(31)17-5-4-6-18(28)13-17/h2-14,24,29,31H,15H2,1H3/b25-23+. The normalized spacial score (nSPS) is 17.5. The molecule has 3 aromatic carbocycles. The molecule has 5 rings (SSSR count). The highest BCUT2D eigenvalue weighted by Gasteiger charge is 2.46. The minimum atomic E-state index is -0.780. The Morgan fingerprint density at radius 2 is 1.82 bits per heavy atom. The van der Waals surface area contributed by atoms with E-state index in [1.165, 1.54) is 4.90 Å². The van der Waals surface area contributed by atoms with Crippen molar-refractivity contribution < 1.29 is 19.4 Å². The van der Waals surface area contributed by atoms with Gasteiger partial charge in [0.25, 0.3) is 11.7 Å². The molecule has 0 radical (unpaired) electrons. The van der Waals surface area contributed by atoms with Gasteiger partial charge in [-0.05, 0) is 35.9 Å². The number of aromatic amines is 1. The van der Waals surface area contributed by atoms with E-state index in [2.05, 4.69) is 4.98 Å². The molecule has 2 N–H and O–H groups in total. The van der Waals surface area contributed by atoms with E-state index in [0.29, 0.717) is 16.3 Å². The average molecular weight is 473 g/mol. The van der Waals surface area contributed by atoms with Gasteiger partial charge in [0.15, 0.2) is 0 Å². The van der Waals surface area contributed by atoms with Crippen LogP contribution in [-0.4, -0.2) is 33.8 Å². The third-order valence-corrected chi connectivity index (χ3v) is 6.30. The second-order valence-corrected chi connectivity index (χ2v) is 8.51. The summed E-state index contributed by atoms with van der Waals surface area (Å²) in [5.74, 6) is -0.968. The lowest BCUT2D eigenvalue weighted by Gasteiger charge is -2.25. The van der Waals surface area contributed by atoms with Crippen LogP contribution in [0.4, 0.5) is 0 Å². The molecule has 1 atom stereocenters. The second kappa shape index (κ2) is 8.72. The number of nitrogens with one attached hydrogen (secondary N) is 1. The zero-order valence-corrected chi connectivity index (χ0v) is 19.0. The number of hydrogen-bond acceptors (Lipinski definition) is 4. The van der Waals surface area contributed by atoms with E-state index < -0.39 is 17.7 Å². The number of ketones is 1. The van der Waals surface area contributed by atoms with Crippen LogP contribution in [0.15, 0.2) is 84.6 Å². The van der Waals surface area contributed by atoms with Crippen LogP contribution in [0.25, 0.3) is 16.7 Å². The summed E-state index contributed by atoms with van der Waals surface area (Å²) in [4.78, 5) is 31.2. The van der Waals surface area contributed by atoms with Crippen molar-refractivity contribution in [3.63, 3.8) is 0 Å². The number of halogens is 1. The Hall–Kier alpha value is -4.03. The summed E-state index contributed by atoms with van der Waals surface area (Å²) in [5, 5.41) is 12.5. The molecule has 1 aliphatic heterocycles. The molecular formula is C27H21ClN2O4. The molecule has 7 heteroatoms. The number of ether oxygens (including phenoxy) is 1. The van der Waals surface area contributed by atoms with Gasteiger partial charge >= 0.3 is 0 Å². The molecule has 170 valence electrons. The predicted octanol–water partition coefficient (Wildman–Crippen LogP) is 5.45. The minimum absolute atomic E-state index is 0.0329. The number of benzene rings is 3. The Kier molecular flexibility index (Phi) is 5.59. The van der Waals surface area contributed by atoms with Crippen LogP contribution in [0, 0.1) is 0 Å². The smallest absolute Gasteiger partial charge is 0.295 e. The van der Waals surface area contributed by atoms with Gasteiger partial charge in [0.05, 0.1) is 18.7 Å². The monoisotopic (exact) mass is 472 g/mol. The summed E-state index contributed by atoms with van der Waals surface area (Å²) in [6.45, 7) is 0.186. The number of H-pyrrole nitrogens is 1. The van der Waals surface area contributed by atoms with E-state index in [4.69, 9.17) is 16.3 Å². The molecule has 1 fully saturated rings. The molecule has 1 aliphatic rings. The molecule has 0 spiro atoms. The summed E-state index contributed by atoms with van der Waals surface area (Å²) < 4.78 is 5.22. The van der Waals surface area contributed by atoms with Crippen LogP contribution in [0.2, 0.25) is 5.02 Å². The maximum Gasteiger partial charge on any atom is 0.295 e. The quantitative estimate of drug-likeness (QED) is 0.230. The van der Waals surface area contributed by atoms with Gasteiger partial charge in [0.2, 0.25) is 0 Å². The molecule has 1 amide bonds. The molecule has 34 heavy (non-hydrogen) atoms. The number of fused-ring (bicyclic) bond motifs is 1. The first-order valence-corrected chi connectivity index (χ1v) is 11.1. The predicted molar refractivity (Wildman–Crippen MR) is 131 cm³/mol. The number of hydrogen-bond donors (Lipinski definition) is 2. The third kappa shape index (κ3) is 3.72. The highest BCUT2D eigenvalue weighted by atomic mass is 35.5. The van der Waals surface area contributed by atoms with Gasteiger partial charge in [-0.15, -0.1) is 0 Å². The molecule has 2 heterocycles. The first-order chi connectivity index (χ1) is 16.5. The van der Waals surface area contributed by atoms with Crippen molar-refractivity contribution in [1.82, 2.24) is 9.88 Å². The van der Waals surface area contributed by atoms with E-state index in [1.807, 2.05) is 36.4 Å². The topological polar surface area (TPSA) is 82.6 Å².